The van der Waals surface area contributed by atoms with Crippen molar-refractivity contribution in [2.45, 2.75) is 120 Å². The molecule has 30 nitrogen and oxygen atoms in total. The average molecular weight is 1280 g/mol. The van der Waals surface area contributed by atoms with Gasteiger partial charge in [0.1, 0.15) is 47.2 Å². The molecule has 0 unspecified atom stereocenters. The van der Waals surface area contributed by atoms with Crippen molar-refractivity contribution in [1.82, 2.24) is 26.6 Å². The maximum atomic E-state index is 14.3. The number of primary amides is 1. The SMILES string of the molecule is COc1ccc(NC(=O)[C@H](CCCCN)NC(=O)c2cc(NC(=O)[C@H](CCCCN)NC(=O)c3cc(NC(=O)[C@H](CCCCN)NC(=O)c4cc(NC(=O)[C@@H](N)CCCCN)ccc4OC)ccc3OC)ccc2OC)cc1C(=O)N[C@@H](CCCNC(N)=O)C(=O)O. The summed E-state index contributed by atoms with van der Waals surface area (Å²) in [4.78, 5) is 135. The van der Waals surface area contributed by atoms with Gasteiger partial charge in [-0.3, -0.25) is 38.4 Å². The van der Waals surface area contributed by atoms with Crippen LogP contribution in [0.4, 0.5) is 27.5 Å². The van der Waals surface area contributed by atoms with Crippen molar-refractivity contribution in [2.24, 2.45) is 34.4 Å². The van der Waals surface area contributed by atoms with Gasteiger partial charge in [-0.25, -0.2) is 9.59 Å². The topological polar surface area (TPSA) is 492 Å². The second-order valence-electron chi connectivity index (χ2n) is 21.2. The second-order valence-corrected chi connectivity index (χ2v) is 21.2. The summed E-state index contributed by atoms with van der Waals surface area (Å²) in [6.07, 6.45) is 4.97. The average Bonchev–Trinajstić information content (AvgIpc) is 1.37. The number of anilines is 4. The van der Waals surface area contributed by atoms with Gasteiger partial charge in [-0.05, 0) is 182 Å². The number of rotatable bonds is 41. The molecule has 0 heterocycles. The fourth-order valence-electron chi connectivity index (χ4n) is 9.42. The van der Waals surface area contributed by atoms with Crippen LogP contribution in [0.5, 0.6) is 23.0 Å². The third-order valence-corrected chi connectivity index (χ3v) is 14.4. The van der Waals surface area contributed by atoms with Crippen molar-refractivity contribution in [2.75, 3.05) is 82.4 Å². The van der Waals surface area contributed by atoms with Crippen LogP contribution in [-0.4, -0.2) is 156 Å². The number of carboxylic acids is 1. The van der Waals surface area contributed by atoms with E-state index in [0.29, 0.717) is 70.9 Å². The molecule has 4 aromatic rings. The molecule has 4 rings (SSSR count). The summed E-state index contributed by atoms with van der Waals surface area (Å²) in [5.41, 5.74) is 34.5. The van der Waals surface area contributed by atoms with E-state index in [1.807, 2.05) is 0 Å². The molecule has 30 heteroatoms. The Hall–Kier alpha value is -9.62. The van der Waals surface area contributed by atoms with Crippen LogP contribution >= 0.6 is 0 Å². The Bertz CT molecular complexity index is 3170. The van der Waals surface area contributed by atoms with Gasteiger partial charge in [0.15, 0.2) is 0 Å². The van der Waals surface area contributed by atoms with Gasteiger partial charge < -0.3 is 106 Å². The number of carbonyl (C=O) groups is 10. The van der Waals surface area contributed by atoms with E-state index in [9.17, 15) is 53.1 Å². The Balaban J connectivity index is 1.55. The molecule has 0 aliphatic rings. The number of hydrogen-bond acceptors (Lipinski definition) is 19. The van der Waals surface area contributed by atoms with Gasteiger partial charge in [0, 0.05) is 29.3 Å². The maximum absolute atomic E-state index is 14.3. The summed E-state index contributed by atoms with van der Waals surface area (Å²) in [6.45, 7) is 1.42. The highest BCUT2D eigenvalue weighted by Crippen LogP contribution is 2.28. The van der Waals surface area contributed by atoms with Gasteiger partial charge in [-0.1, -0.05) is 6.42 Å². The third-order valence-electron chi connectivity index (χ3n) is 14.4. The smallest absolute Gasteiger partial charge is 0.326 e. The van der Waals surface area contributed by atoms with Crippen LogP contribution in [0.1, 0.15) is 131 Å². The lowest BCUT2D eigenvalue weighted by atomic mass is 10.1. The summed E-state index contributed by atoms with van der Waals surface area (Å²) < 4.78 is 21.9. The van der Waals surface area contributed by atoms with E-state index in [1.54, 1.807) is 6.07 Å². The van der Waals surface area contributed by atoms with Gasteiger partial charge >= 0.3 is 12.0 Å². The maximum Gasteiger partial charge on any atom is 0.326 e. The molecule has 0 radical (unpaired) electrons. The van der Waals surface area contributed by atoms with E-state index in [2.05, 4.69) is 47.9 Å². The Morgan fingerprint density at radius 1 is 0.391 bits per heavy atom. The van der Waals surface area contributed by atoms with Crippen molar-refractivity contribution in [3.8, 4) is 23.0 Å². The zero-order valence-electron chi connectivity index (χ0n) is 52.4. The number of methoxy groups -OCH3 is 4. The number of carboxylic acid groups (broad SMARTS) is 1. The molecule has 502 valence electrons. The number of hydrogen-bond donors (Lipinski definition) is 16. The van der Waals surface area contributed by atoms with E-state index in [4.69, 9.17) is 53.3 Å². The lowest BCUT2D eigenvalue weighted by molar-refractivity contribution is -0.139. The molecular weight excluding hydrogens is 1190 g/mol. The number of amides is 10. The van der Waals surface area contributed by atoms with Gasteiger partial charge in [0.05, 0.1) is 56.7 Å². The first-order chi connectivity index (χ1) is 44.1. The normalized spacial score (nSPS) is 12.4. The van der Waals surface area contributed by atoms with Gasteiger partial charge in [-0.2, -0.15) is 0 Å². The molecular formula is C62H89N15O15. The summed E-state index contributed by atoms with van der Waals surface area (Å²) in [5.74, 6) is -6.57. The quantitative estimate of drug-likeness (QED) is 0.0284. The lowest BCUT2D eigenvalue weighted by Crippen LogP contribution is -2.44. The third kappa shape index (κ3) is 24.0. The number of benzene rings is 4. The Kier molecular flexibility index (Phi) is 32.1. The second kappa shape index (κ2) is 39.5. The summed E-state index contributed by atoms with van der Waals surface area (Å²) in [6, 6.07) is 10.5. The van der Waals surface area contributed by atoms with Crippen LogP contribution in [0, 0.1) is 0 Å². The van der Waals surface area contributed by atoms with Gasteiger partial charge in [0.25, 0.3) is 23.6 Å². The molecule has 0 bridgehead atoms. The number of nitrogens with two attached hydrogens (primary N) is 6. The molecule has 5 atom stereocenters. The van der Waals surface area contributed by atoms with Gasteiger partial charge in [-0.15, -0.1) is 0 Å². The number of ether oxygens (including phenoxy) is 4. The molecule has 92 heavy (non-hydrogen) atoms. The van der Waals surface area contributed by atoms with Crippen LogP contribution < -0.4 is 101 Å². The highest BCUT2D eigenvalue weighted by atomic mass is 16.5. The highest BCUT2D eigenvalue weighted by molar-refractivity contribution is 6.08. The first-order valence-corrected chi connectivity index (χ1v) is 30.2. The molecule has 0 aliphatic heterocycles. The lowest BCUT2D eigenvalue weighted by Gasteiger charge is -2.22. The van der Waals surface area contributed by atoms with Crippen LogP contribution in [-0.2, 0) is 24.0 Å². The predicted octanol–water partition coefficient (Wildman–Crippen LogP) is 2.35. The minimum atomic E-state index is -1.36. The van der Waals surface area contributed by atoms with Crippen LogP contribution in [0.25, 0.3) is 0 Å². The van der Waals surface area contributed by atoms with E-state index >= 15 is 0 Å². The van der Waals surface area contributed by atoms with E-state index in [0.717, 1.165) is 0 Å². The Labute approximate surface area is 533 Å². The van der Waals surface area contributed by atoms with Crippen LogP contribution in [0.15, 0.2) is 72.8 Å². The fraction of sp³-hybridized carbons (Fsp3) is 0.452. The molecule has 22 N–H and O–H groups in total. The molecule has 0 saturated heterocycles. The van der Waals surface area contributed by atoms with Crippen molar-refractivity contribution in [3.05, 3.63) is 95.1 Å². The van der Waals surface area contributed by atoms with E-state index in [-0.39, 0.29) is 120 Å². The summed E-state index contributed by atoms with van der Waals surface area (Å²) in [7, 11) is 5.31. The molecule has 0 spiro atoms. The standard InChI is InChI=1S/C62H89N15O15/c1-89-49-23-19-36(70-57(82)44(67)14-5-9-27-63)32-40(49)53(78)74-45(15-6-10-28-64)58(83)71-37-20-24-50(90-2)41(33-37)54(79)75-46(16-7-11-29-65)59(84)72-38-21-25-51(91-3)42(34-38)55(80)76-47(17-8-12-30-66)60(85)73-39-22-26-52(92-4)43(35-39)56(81)77-48(61(86)87)18-13-31-69-62(68)88/h19-26,32-35,44-48H,5-18,27-31,63-67H2,1-4H3,(H,70,82)(H,71,83)(H,72,84)(H,73,85)(H,74,78)(H,75,79)(H,76,80)(H,77,81)(H,86,87)(H3,68,69,88)/t44-,45-,46-,47-,48-/m0/s1. The molecule has 0 saturated carbocycles. The van der Waals surface area contributed by atoms with Crippen LogP contribution in [0.3, 0.4) is 0 Å². The number of aliphatic carboxylic acids is 1. The van der Waals surface area contributed by atoms with Crippen molar-refractivity contribution in [3.63, 3.8) is 0 Å². The highest BCUT2D eigenvalue weighted by Gasteiger charge is 2.30. The molecule has 0 fully saturated rings. The molecule has 4 aromatic carbocycles. The minimum Gasteiger partial charge on any atom is -0.496 e. The summed E-state index contributed by atoms with van der Waals surface area (Å²) in [5, 5.41) is 33.8. The monoisotopic (exact) mass is 1280 g/mol. The Morgan fingerprint density at radius 3 is 0.935 bits per heavy atom. The first kappa shape index (κ1) is 74.8. The zero-order chi connectivity index (χ0) is 67.7. The van der Waals surface area contributed by atoms with Crippen molar-refractivity contribution in [1.29, 1.82) is 0 Å². The largest absolute Gasteiger partial charge is 0.496 e. The fourth-order valence-corrected chi connectivity index (χ4v) is 9.42. The zero-order valence-corrected chi connectivity index (χ0v) is 52.4. The first-order valence-electron chi connectivity index (χ1n) is 30.2. The number of unbranched alkanes of at least 4 members (excludes halogenated alkanes) is 4. The minimum absolute atomic E-state index is 0.0173. The Morgan fingerprint density at radius 2 is 0.663 bits per heavy atom. The molecule has 10 amide bonds. The molecule has 0 aliphatic carbocycles. The van der Waals surface area contributed by atoms with E-state index < -0.39 is 89.5 Å². The number of carbonyl (C=O) groups excluding carboxylic acids is 9. The summed E-state index contributed by atoms with van der Waals surface area (Å²) >= 11 is 0. The predicted molar refractivity (Wildman–Crippen MR) is 346 cm³/mol. The van der Waals surface area contributed by atoms with Crippen molar-refractivity contribution < 1.29 is 72.0 Å². The molecule has 0 aromatic heterocycles. The van der Waals surface area contributed by atoms with Gasteiger partial charge in [0.2, 0.25) is 23.6 Å². The number of nitrogens with one attached hydrogen (secondary N) is 9. The number of urea groups is 1. The van der Waals surface area contributed by atoms with E-state index in [1.165, 1.54) is 95.2 Å². The van der Waals surface area contributed by atoms with Crippen molar-refractivity contribution >= 4 is 82.0 Å². The van der Waals surface area contributed by atoms with Crippen LogP contribution in [0.2, 0.25) is 0 Å².